The highest BCUT2D eigenvalue weighted by Gasteiger charge is 2.11. The van der Waals surface area contributed by atoms with Gasteiger partial charge in [0.25, 0.3) is 0 Å². The highest BCUT2D eigenvalue weighted by Crippen LogP contribution is 2.28. The first-order valence-electron chi connectivity index (χ1n) is 8.34. The molecule has 0 aromatic heterocycles. The summed E-state index contributed by atoms with van der Waals surface area (Å²) in [6.07, 6.45) is 4.14. The van der Waals surface area contributed by atoms with Crippen LogP contribution in [0.25, 0.3) is 6.08 Å². The van der Waals surface area contributed by atoms with Crippen molar-refractivity contribution in [1.29, 1.82) is 0 Å². The Morgan fingerprint density at radius 3 is 2.36 bits per heavy atom. The summed E-state index contributed by atoms with van der Waals surface area (Å²) in [5, 5.41) is 3.04. The number of carbonyl (C=O) groups excluding carboxylic acids is 1. The Labute approximate surface area is 149 Å². The highest BCUT2D eigenvalue weighted by atomic mass is 16.5. The van der Waals surface area contributed by atoms with E-state index >= 15 is 0 Å². The second-order valence-electron chi connectivity index (χ2n) is 5.83. The molecular formula is C21H25NO3. The number of amides is 1. The van der Waals surface area contributed by atoms with Gasteiger partial charge in [-0.2, -0.15) is 0 Å². The first-order valence-corrected chi connectivity index (χ1v) is 8.34. The molecule has 25 heavy (non-hydrogen) atoms. The van der Waals surface area contributed by atoms with Crippen LogP contribution >= 0.6 is 0 Å². The second-order valence-corrected chi connectivity index (χ2v) is 5.83. The minimum absolute atomic E-state index is 0.00292. The Balaban J connectivity index is 2.05. The van der Waals surface area contributed by atoms with Gasteiger partial charge in [-0.15, -0.1) is 0 Å². The summed E-state index contributed by atoms with van der Waals surface area (Å²) in [6, 6.07) is 13.8. The fourth-order valence-electron chi connectivity index (χ4n) is 2.57. The number of hydrogen-bond acceptors (Lipinski definition) is 3. The molecule has 4 nitrogen and oxygen atoms in total. The topological polar surface area (TPSA) is 47.6 Å². The van der Waals surface area contributed by atoms with Gasteiger partial charge in [0.15, 0.2) is 11.5 Å². The Bertz CT molecular complexity index is 735. The molecule has 0 aliphatic carbocycles. The molecule has 132 valence electrons. The van der Waals surface area contributed by atoms with Gasteiger partial charge in [0.2, 0.25) is 5.91 Å². The van der Waals surface area contributed by atoms with E-state index in [2.05, 4.69) is 43.4 Å². The Hall–Kier alpha value is -2.75. The average Bonchev–Trinajstić information content (AvgIpc) is 2.64. The highest BCUT2D eigenvalue weighted by molar-refractivity contribution is 5.92. The number of methoxy groups -OCH3 is 2. The zero-order valence-corrected chi connectivity index (χ0v) is 15.2. The summed E-state index contributed by atoms with van der Waals surface area (Å²) in [7, 11) is 3.18. The molecule has 0 spiro atoms. The molecule has 1 N–H and O–H groups in total. The minimum Gasteiger partial charge on any atom is -0.493 e. The van der Waals surface area contributed by atoms with Gasteiger partial charge in [0.1, 0.15) is 0 Å². The van der Waals surface area contributed by atoms with Gasteiger partial charge < -0.3 is 14.8 Å². The van der Waals surface area contributed by atoms with Crippen molar-refractivity contribution in [2.75, 3.05) is 14.2 Å². The van der Waals surface area contributed by atoms with Crippen molar-refractivity contribution in [2.45, 2.75) is 26.3 Å². The van der Waals surface area contributed by atoms with E-state index in [-0.39, 0.29) is 11.9 Å². The van der Waals surface area contributed by atoms with Crippen molar-refractivity contribution in [1.82, 2.24) is 5.32 Å². The summed E-state index contributed by atoms with van der Waals surface area (Å²) >= 11 is 0. The largest absolute Gasteiger partial charge is 0.493 e. The molecule has 1 atom stereocenters. The van der Waals surface area contributed by atoms with Gasteiger partial charge in [-0.1, -0.05) is 42.8 Å². The fraction of sp³-hybridized carbons (Fsp3) is 0.286. The quantitative estimate of drug-likeness (QED) is 0.765. The molecule has 2 aromatic carbocycles. The molecular weight excluding hydrogens is 314 g/mol. The van der Waals surface area contributed by atoms with E-state index in [1.54, 1.807) is 20.3 Å². The van der Waals surface area contributed by atoms with Crippen LogP contribution in [0.4, 0.5) is 0 Å². The predicted octanol–water partition coefficient (Wildman–Crippen LogP) is 4.29. The van der Waals surface area contributed by atoms with E-state index in [4.69, 9.17) is 9.47 Å². The van der Waals surface area contributed by atoms with Crippen LogP contribution in [0.1, 0.15) is 36.1 Å². The van der Waals surface area contributed by atoms with Crippen molar-refractivity contribution in [3.05, 3.63) is 65.2 Å². The lowest BCUT2D eigenvalue weighted by Crippen LogP contribution is -2.26. The van der Waals surface area contributed by atoms with E-state index < -0.39 is 0 Å². The SMILES string of the molecule is CC[C@H](NC(=O)/C=C/c1ccc(OC)c(OC)c1)c1ccc(C)cc1. The standard InChI is InChI=1S/C21H25NO3/c1-5-18(17-10-6-15(2)7-11-17)22-21(23)13-9-16-8-12-19(24-3)20(14-16)25-4/h6-14,18H,5H2,1-4H3,(H,22,23)/b13-9+/t18-/m0/s1. The van der Waals surface area contributed by atoms with Crippen molar-refractivity contribution >= 4 is 12.0 Å². The van der Waals surface area contributed by atoms with E-state index in [9.17, 15) is 4.79 Å². The monoisotopic (exact) mass is 339 g/mol. The molecule has 1 amide bonds. The van der Waals surface area contributed by atoms with Crippen molar-refractivity contribution in [3.8, 4) is 11.5 Å². The van der Waals surface area contributed by atoms with Gasteiger partial charge in [-0.25, -0.2) is 0 Å². The summed E-state index contributed by atoms with van der Waals surface area (Å²) < 4.78 is 10.5. The molecule has 0 unspecified atom stereocenters. The third-order valence-electron chi connectivity index (χ3n) is 4.04. The van der Waals surface area contributed by atoms with Crippen LogP contribution in [0.3, 0.4) is 0 Å². The van der Waals surface area contributed by atoms with Crippen molar-refractivity contribution in [3.63, 3.8) is 0 Å². The van der Waals surface area contributed by atoms with Crippen molar-refractivity contribution in [2.24, 2.45) is 0 Å². The number of rotatable bonds is 7. The number of ether oxygens (including phenoxy) is 2. The molecule has 4 heteroatoms. The van der Waals surface area contributed by atoms with Crippen LogP contribution in [0.5, 0.6) is 11.5 Å². The molecule has 0 aliphatic rings. The summed E-state index contributed by atoms with van der Waals surface area (Å²) in [4.78, 5) is 12.2. The smallest absolute Gasteiger partial charge is 0.244 e. The number of benzene rings is 2. The van der Waals surface area contributed by atoms with Gasteiger partial charge in [-0.05, 0) is 42.7 Å². The van der Waals surface area contributed by atoms with Crippen LogP contribution in [0, 0.1) is 6.92 Å². The van der Waals surface area contributed by atoms with E-state index in [1.807, 2.05) is 18.2 Å². The molecule has 0 heterocycles. The van der Waals surface area contributed by atoms with E-state index in [0.29, 0.717) is 11.5 Å². The first-order chi connectivity index (χ1) is 12.1. The fourth-order valence-corrected chi connectivity index (χ4v) is 2.57. The third kappa shape index (κ3) is 5.11. The Morgan fingerprint density at radius 2 is 1.76 bits per heavy atom. The molecule has 0 aliphatic heterocycles. The molecule has 2 rings (SSSR count). The lowest BCUT2D eigenvalue weighted by atomic mass is 10.0. The summed E-state index contributed by atoms with van der Waals surface area (Å²) in [5.41, 5.74) is 3.19. The summed E-state index contributed by atoms with van der Waals surface area (Å²) in [5.74, 6) is 1.17. The lowest BCUT2D eigenvalue weighted by molar-refractivity contribution is -0.117. The molecule has 0 saturated heterocycles. The Kier molecular flexibility index (Phi) is 6.63. The van der Waals surface area contributed by atoms with Gasteiger partial charge in [-0.3, -0.25) is 4.79 Å². The van der Waals surface area contributed by atoms with E-state index in [1.165, 1.54) is 11.6 Å². The average molecular weight is 339 g/mol. The zero-order chi connectivity index (χ0) is 18.2. The van der Waals surface area contributed by atoms with Crippen LogP contribution in [-0.4, -0.2) is 20.1 Å². The van der Waals surface area contributed by atoms with Crippen LogP contribution in [0.15, 0.2) is 48.5 Å². The predicted molar refractivity (Wildman–Crippen MR) is 101 cm³/mol. The van der Waals surface area contributed by atoms with Gasteiger partial charge in [0, 0.05) is 6.08 Å². The van der Waals surface area contributed by atoms with Crippen LogP contribution in [0.2, 0.25) is 0 Å². The Morgan fingerprint density at radius 1 is 1.08 bits per heavy atom. The maximum atomic E-state index is 12.2. The lowest BCUT2D eigenvalue weighted by Gasteiger charge is -2.16. The number of aryl methyl sites for hydroxylation is 1. The maximum absolute atomic E-state index is 12.2. The maximum Gasteiger partial charge on any atom is 0.244 e. The number of hydrogen-bond donors (Lipinski definition) is 1. The number of nitrogens with one attached hydrogen (secondary N) is 1. The summed E-state index contributed by atoms with van der Waals surface area (Å²) in [6.45, 7) is 4.11. The zero-order valence-electron chi connectivity index (χ0n) is 15.2. The second kappa shape index (κ2) is 8.92. The molecule has 0 radical (unpaired) electrons. The normalized spacial score (nSPS) is 12.0. The van der Waals surface area contributed by atoms with Crippen LogP contribution in [-0.2, 0) is 4.79 Å². The molecule has 2 aromatic rings. The minimum atomic E-state index is -0.123. The first kappa shape index (κ1) is 18.6. The third-order valence-corrected chi connectivity index (χ3v) is 4.04. The van der Waals surface area contributed by atoms with Crippen molar-refractivity contribution < 1.29 is 14.3 Å². The molecule has 0 saturated carbocycles. The number of carbonyl (C=O) groups is 1. The van der Waals surface area contributed by atoms with Crippen LogP contribution < -0.4 is 14.8 Å². The molecule has 0 bridgehead atoms. The van der Waals surface area contributed by atoms with E-state index in [0.717, 1.165) is 17.5 Å². The van der Waals surface area contributed by atoms with Gasteiger partial charge >= 0.3 is 0 Å². The van der Waals surface area contributed by atoms with Gasteiger partial charge in [0.05, 0.1) is 20.3 Å². The molecule has 0 fully saturated rings.